The number of carboxylic acids is 1. The summed E-state index contributed by atoms with van der Waals surface area (Å²) in [5.41, 5.74) is 1.05. The van der Waals surface area contributed by atoms with Crippen molar-refractivity contribution in [3.8, 4) is 0 Å². The zero-order chi connectivity index (χ0) is 12.0. The van der Waals surface area contributed by atoms with Crippen LogP contribution in [0.2, 0.25) is 0 Å². The van der Waals surface area contributed by atoms with Crippen LogP contribution in [0.3, 0.4) is 0 Å². The molecular formula is C12H13NO3. The summed E-state index contributed by atoms with van der Waals surface area (Å²) in [6.07, 6.45) is 3.53. The Morgan fingerprint density at radius 1 is 1.44 bits per heavy atom. The molecule has 1 aromatic rings. The first-order chi connectivity index (χ1) is 7.59. The smallest absolute Gasteiger partial charge is 0.335 e. The Morgan fingerprint density at radius 2 is 2.19 bits per heavy atom. The quantitative estimate of drug-likeness (QED) is 0.807. The molecule has 84 valence electrons. The topological polar surface area (TPSA) is 66.4 Å². The van der Waals surface area contributed by atoms with Crippen molar-refractivity contribution in [2.75, 3.05) is 6.54 Å². The van der Waals surface area contributed by atoms with Gasteiger partial charge in [0.25, 0.3) is 0 Å². The predicted octanol–water partition coefficient (Wildman–Crippen LogP) is 1.53. The van der Waals surface area contributed by atoms with Gasteiger partial charge in [-0.15, -0.1) is 0 Å². The molecule has 1 aromatic carbocycles. The lowest BCUT2D eigenvalue weighted by Gasteiger charge is -1.97. The second-order valence-electron chi connectivity index (χ2n) is 3.27. The zero-order valence-corrected chi connectivity index (χ0v) is 8.93. The van der Waals surface area contributed by atoms with Crippen molar-refractivity contribution >= 4 is 18.0 Å². The van der Waals surface area contributed by atoms with Crippen LogP contribution in [0, 0.1) is 0 Å². The highest BCUT2D eigenvalue weighted by molar-refractivity contribution is 5.88. The molecule has 0 saturated heterocycles. The van der Waals surface area contributed by atoms with E-state index in [1.807, 2.05) is 0 Å². The summed E-state index contributed by atoms with van der Waals surface area (Å²) < 4.78 is 0. The summed E-state index contributed by atoms with van der Waals surface area (Å²) in [5.74, 6) is -1.04. The van der Waals surface area contributed by atoms with Gasteiger partial charge in [0.2, 0.25) is 5.91 Å². The van der Waals surface area contributed by atoms with Gasteiger partial charge >= 0.3 is 5.97 Å². The van der Waals surface area contributed by atoms with E-state index in [4.69, 9.17) is 5.11 Å². The number of amides is 1. The van der Waals surface area contributed by atoms with Crippen LogP contribution in [0.25, 0.3) is 6.08 Å². The first-order valence-electron chi connectivity index (χ1n) is 4.84. The molecule has 0 atom stereocenters. The van der Waals surface area contributed by atoms with Gasteiger partial charge in [0.1, 0.15) is 0 Å². The third kappa shape index (κ3) is 3.96. The first kappa shape index (κ1) is 12.0. The number of carboxylic acid groups (broad SMARTS) is 1. The van der Waals surface area contributed by atoms with E-state index in [0.717, 1.165) is 5.56 Å². The molecule has 16 heavy (non-hydrogen) atoms. The second kappa shape index (κ2) is 5.70. The zero-order valence-electron chi connectivity index (χ0n) is 8.93. The number of benzene rings is 1. The van der Waals surface area contributed by atoms with Gasteiger partial charge in [-0.25, -0.2) is 4.79 Å². The van der Waals surface area contributed by atoms with Crippen LogP contribution in [0.1, 0.15) is 22.8 Å². The monoisotopic (exact) mass is 219 g/mol. The third-order valence-corrected chi connectivity index (χ3v) is 1.91. The lowest BCUT2D eigenvalue weighted by Crippen LogP contribution is -2.19. The number of aromatic carboxylic acids is 1. The number of carbonyl (C=O) groups is 2. The number of rotatable bonds is 4. The van der Waals surface area contributed by atoms with Crippen LogP contribution in [0.4, 0.5) is 0 Å². The maximum absolute atomic E-state index is 10.7. The van der Waals surface area contributed by atoms with Crippen LogP contribution >= 0.6 is 0 Å². The Hall–Kier alpha value is -2.10. The summed E-state index contributed by atoms with van der Waals surface area (Å²) in [5, 5.41) is 11.4. The minimum atomic E-state index is -0.947. The molecule has 4 heteroatoms. The van der Waals surface area contributed by atoms with E-state index in [1.165, 1.54) is 13.0 Å². The van der Waals surface area contributed by atoms with Crippen LogP contribution in [0.5, 0.6) is 0 Å². The molecule has 0 aliphatic carbocycles. The van der Waals surface area contributed by atoms with E-state index in [-0.39, 0.29) is 11.5 Å². The number of hydrogen-bond acceptors (Lipinski definition) is 2. The molecule has 0 aliphatic heterocycles. The van der Waals surface area contributed by atoms with Crippen LogP contribution in [-0.4, -0.2) is 23.5 Å². The third-order valence-electron chi connectivity index (χ3n) is 1.91. The lowest BCUT2D eigenvalue weighted by atomic mass is 10.1. The number of hydrogen-bond donors (Lipinski definition) is 2. The maximum atomic E-state index is 10.7. The van der Waals surface area contributed by atoms with Gasteiger partial charge in [-0.05, 0) is 17.7 Å². The van der Waals surface area contributed by atoms with E-state index < -0.39 is 5.97 Å². The Kier molecular flexibility index (Phi) is 4.27. The Labute approximate surface area is 93.6 Å². The van der Waals surface area contributed by atoms with Crippen LogP contribution in [0.15, 0.2) is 30.3 Å². The molecule has 1 amide bonds. The van der Waals surface area contributed by atoms with Gasteiger partial charge in [0.15, 0.2) is 0 Å². The van der Waals surface area contributed by atoms with Crippen molar-refractivity contribution in [3.63, 3.8) is 0 Å². The molecule has 0 fully saturated rings. The van der Waals surface area contributed by atoms with Gasteiger partial charge in [0.05, 0.1) is 5.56 Å². The van der Waals surface area contributed by atoms with Crippen molar-refractivity contribution in [1.82, 2.24) is 5.32 Å². The van der Waals surface area contributed by atoms with Gasteiger partial charge < -0.3 is 10.4 Å². The molecule has 0 radical (unpaired) electrons. The number of carbonyl (C=O) groups excluding carboxylic acids is 1. The SMILES string of the molecule is CC(=O)NCC=Cc1cccc(C(=O)O)c1. The normalized spacial score (nSPS) is 10.3. The van der Waals surface area contributed by atoms with Crippen molar-refractivity contribution in [2.24, 2.45) is 0 Å². The van der Waals surface area contributed by atoms with E-state index in [2.05, 4.69) is 5.32 Å². The van der Waals surface area contributed by atoms with Gasteiger partial charge in [-0.1, -0.05) is 24.3 Å². The van der Waals surface area contributed by atoms with E-state index in [0.29, 0.717) is 6.54 Å². The fraction of sp³-hybridized carbons (Fsp3) is 0.167. The van der Waals surface area contributed by atoms with Gasteiger partial charge in [-0.2, -0.15) is 0 Å². The van der Waals surface area contributed by atoms with E-state index in [1.54, 1.807) is 30.4 Å². The van der Waals surface area contributed by atoms with E-state index in [9.17, 15) is 9.59 Å². The molecule has 4 nitrogen and oxygen atoms in total. The molecule has 0 aliphatic rings. The highest BCUT2D eigenvalue weighted by Gasteiger charge is 2.00. The average molecular weight is 219 g/mol. The largest absolute Gasteiger partial charge is 0.478 e. The highest BCUT2D eigenvalue weighted by atomic mass is 16.4. The summed E-state index contributed by atoms with van der Waals surface area (Å²) in [4.78, 5) is 21.3. The Morgan fingerprint density at radius 3 is 2.81 bits per heavy atom. The first-order valence-corrected chi connectivity index (χ1v) is 4.84. The van der Waals surface area contributed by atoms with Gasteiger partial charge in [0, 0.05) is 13.5 Å². The lowest BCUT2D eigenvalue weighted by molar-refractivity contribution is -0.118. The Bertz CT molecular complexity index is 424. The number of nitrogens with one attached hydrogen (secondary N) is 1. The molecule has 1 rings (SSSR count). The molecular weight excluding hydrogens is 206 g/mol. The second-order valence-corrected chi connectivity index (χ2v) is 3.27. The minimum Gasteiger partial charge on any atom is -0.478 e. The summed E-state index contributed by atoms with van der Waals surface area (Å²) in [6.45, 7) is 1.88. The van der Waals surface area contributed by atoms with Crippen molar-refractivity contribution < 1.29 is 14.7 Å². The predicted molar refractivity (Wildman–Crippen MR) is 61.1 cm³/mol. The van der Waals surface area contributed by atoms with E-state index >= 15 is 0 Å². The molecule has 0 bridgehead atoms. The summed E-state index contributed by atoms with van der Waals surface area (Å²) in [6, 6.07) is 6.60. The summed E-state index contributed by atoms with van der Waals surface area (Å²) in [7, 11) is 0. The van der Waals surface area contributed by atoms with Crippen LogP contribution < -0.4 is 5.32 Å². The van der Waals surface area contributed by atoms with Crippen molar-refractivity contribution in [2.45, 2.75) is 6.92 Å². The van der Waals surface area contributed by atoms with Crippen LogP contribution in [-0.2, 0) is 4.79 Å². The fourth-order valence-electron chi connectivity index (χ4n) is 1.17. The molecule has 0 unspecified atom stereocenters. The Balaban J connectivity index is 2.63. The fourth-order valence-corrected chi connectivity index (χ4v) is 1.17. The molecule has 0 heterocycles. The molecule has 0 spiro atoms. The summed E-state index contributed by atoms with van der Waals surface area (Å²) >= 11 is 0. The van der Waals surface area contributed by atoms with Crippen molar-refractivity contribution in [1.29, 1.82) is 0 Å². The molecule has 2 N–H and O–H groups in total. The minimum absolute atomic E-state index is 0.0936. The van der Waals surface area contributed by atoms with Crippen molar-refractivity contribution in [3.05, 3.63) is 41.5 Å². The maximum Gasteiger partial charge on any atom is 0.335 e. The average Bonchev–Trinajstić information content (AvgIpc) is 2.24. The molecule has 0 saturated carbocycles. The van der Waals surface area contributed by atoms with Gasteiger partial charge in [-0.3, -0.25) is 4.79 Å². The molecule has 0 aromatic heterocycles. The highest BCUT2D eigenvalue weighted by Crippen LogP contribution is 2.06. The standard InChI is InChI=1S/C12H13NO3/c1-9(14)13-7-3-5-10-4-2-6-11(8-10)12(15)16/h2-6,8H,7H2,1H3,(H,13,14)(H,15,16).